The molecule has 1 aromatic heterocycles. The lowest BCUT2D eigenvalue weighted by molar-refractivity contribution is -0.129. The Hall–Kier alpha value is -1.42. The molecule has 1 heterocycles. The van der Waals surface area contributed by atoms with E-state index in [4.69, 9.17) is 5.73 Å². The Kier molecular flexibility index (Phi) is 4.01. The maximum Gasteiger partial charge on any atom is 0.227 e. The molecule has 0 aromatic carbocycles. The number of amides is 1. The number of carbonyl (C=O) groups is 1. The van der Waals surface area contributed by atoms with Crippen LogP contribution in [0.15, 0.2) is 24.5 Å². The SMILES string of the molecule is C[C@@H](NC(=O)C(C)(C)CN)c1cccnc1. The standard InChI is InChI=1S/C12H19N3O/c1-9(10-5-4-6-14-7-10)15-11(16)12(2,3)8-13/h4-7,9H,8,13H2,1-3H3,(H,15,16)/t9-/m1/s1. The molecule has 1 aromatic rings. The van der Waals surface area contributed by atoms with E-state index in [0.717, 1.165) is 5.56 Å². The molecule has 4 nitrogen and oxygen atoms in total. The van der Waals surface area contributed by atoms with Crippen molar-refractivity contribution in [1.29, 1.82) is 0 Å². The Morgan fingerprint density at radius 2 is 2.31 bits per heavy atom. The Morgan fingerprint density at radius 1 is 1.62 bits per heavy atom. The van der Waals surface area contributed by atoms with Crippen LogP contribution in [0.2, 0.25) is 0 Å². The van der Waals surface area contributed by atoms with Gasteiger partial charge in [0.2, 0.25) is 5.91 Å². The summed E-state index contributed by atoms with van der Waals surface area (Å²) in [6.07, 6.45) is 3.46. The summed E-state index contributed by atoms with van der Waals surface area (Å²) < 4.78 is 0. The van der Waals surface area contributed by atoms with E-state index in [0.29, 0.717) is 6.54 Å². The van der Waals surface area contributed by atoms with Crippen LogP contribution in [-0.2, 0) is 4.79 Å². The molecule has 0 unspecified atom stereocenters. The fourth-order valence-corrected chi connectivity index (χ4v) is 1.20. The largest absolute Gasteiger partial charge is 0.349 e. The Labute approximate surface area is 96.3 Å². The Balaban J connectivity index is 2.66. The molecule has 0 fully saturated rings. The quantitative estimate of drug-likeness (QED) is 0.804. The van der Waals surface area contributed by atoms with Crippen molar-refractivity contribution in [3.05, 3.63) is 30.1 Å². The summed E-state index contributed by atoms with van der Waals surface area (Å²) in [4.78, 5) is 15.9. The van der Waals surface area contributed by atoms with Crippen molar-refractivity contribution in [2.45, 2.75) is 26.8 Å². The third kappa shape index (κ3) is 3.03. The summed E-state index contributed by atoms with van der Waals surface area (Å²) in [7, 11) is 0. The highest BCUT2D eigenvalue weighted by molar-refractivity contribution is 5.82. The van der Waals surface area contributed by atoms with E-state index >= 15 is 0 Å². The molecule has 0 radical (unpaired) electrons. The molecule has 1 rings (SSSR count). The zero-order chi connectivity index (χ0) is 12.2. The van der Waals surface area contributed by atoms with Crippen molar-refractivity contribution >= 4 is 5.91 Å². The topological polar surface area (TPSA) is 68.0 Å². The van der Waals surface area contributed by atoms with E-state index in [1.807, 2.05) is 32.9 Å². The van der Waals surface area contributed by atoms with E-state index in [1.54, 1.807) is 12.4 Å². The monoisotopic (exact) mass is 221 g/mol. The van der Waals surface area contributed by atoms with Crippen LogP contribution in [-0.4, -0.2) is 17.4 Å². The van der Waals surface area contributed by atoms with Gasteiger partial charge in [-0.2, -0.15) is 0 Å². The first-order valence-electron chi connectivity index (χ1n) is 5.38. The highest BCUT2D eigenvalue weighted by Crippen LogP contribution is 2.16. The van der Waals surface area contributed by atoms with Gasteiger partial charge in [-0.05, 0) is 32.4 Å². The van der Waals surface area contributed by atoms with Crippen LogP contribution < -0.4 is 11.1 Å². The molecule has 0 saturated heterocycles. The van der Waals surface area contributed by atoms with E-state index in [9.17, 15) is 4.79 Å². The molecule has 0 aliphatic rings. The third-order valence-corrected chi connectivity index (χ3v) is 2.66. The summed E-state index contributed by atoms with van der Waals surface area (Å²) in [5.41, 5.74) is 6.01. The van der Waals surface area contributed by atoms with Gasteiger partial charge < -0.3 is 11.1 Å². The van der Waals surface area contributed by atoms with Gasteiger partial charge in [0.25, 0.3) is 0 Å². The van der Waals surface area contributed by atoms with Crippen molar-refractivity contribution in [3.8, 4) is 0 Å². The lowest BCUT2D eigenvalue weighted by Gasteiger charge is -2.24. The van der Waals surface area contributed by atoms with Gasteiger partial charge in [-0.25, -0.2) is 0 Å². The van der Waals surface area contributed by atoms with Crippen LogP contribution in [0.25, 0.3) is 0 Å². The van der Waals surface area contributed by atoms with Gasteiger partial charge in [-0.15, -0.1) is 0 Å². The zero-order valence-electron chi connectivity index (χ0n) is 10.0. The summed E-state index contributed by atoms with van der Waals surface area (Å²) >= 11 is 0. The van der Waals surface area contributed by atoms with Gasteiger partial charge in [-0.3, -0.25) is 9.78 Å². The first-order valence-corrected chi connectivity index (χ1v) is 5.38. The highest BCUT2D eigenvalue weighted by Gasteiger charge is 2.26. The van der Waals surface area contributed by atoms with Crippen molar-refractivity contribution in [2.75, 3.05) is 6.54 Å². The smallest absolute Gasteiger partial charge is 0.227 e. The second-order valence-electron chi connectivity index (χ2n) is 4.57. The molecule has 0 spiro atoms. The number of nitrogens with one attached hydrogen (secondary N) is 1. The molecule has 16 heavy (non-hydrogen) atoms. The summed E-state index contributed by atoms with van der Waals surface area (Å²) in [5, 5.41) is 2.93. The van der Waals surface area contributed by atoms with Crippen LogP contribution >= 0.6 is 0 Å². The molecule has 1 atom stereocenters. The van der Waals surface area contributed by atoms with E-state index in [1.165, 1.54) is 0 Å². The van der Waals surface area contributed by atoms with Crippen LogP contribution in [0.4, 0.5) is 0 Å². The second-order valence-corrected chi connectivity index (χ2v) is 4.57. The van der Waals surface area contributed by atoms with Crippen LogP contribution in [0.3, 0.4) is 0 Å². The number of aromatic nitrogens is 1. The Morgan fingerprint density at radius 3 is 2.81 bits per heavy atom. The van der Waals surface area contributed by atoms with Crippen LogP contribution in [0.5, 0.6) is 0 Å². The summed E-state index contributed by atoms with van der Waals surface area (Å²) in [5.74, 6) is -0.0358. The van der Waals surface area contributed by atoms with Gasteiger partial charge >= 0.3 is 0 Å². The number of nitrogens with zero attached hydrogens (tertiary/aromatic N) is 1. The average molecular weight is 221 g/mol. The molecule has 0 aliphatic heterocycles. The van der Waals surface area contributed by atoms with Gasteiger partial charge in [0.1, 0.15) is 0 Å². The number of carbonyl (C=O) groups excluding carboxylic acids is 1. The number of pyridine rings is 1. The fraction of sp³-hybridized carbons (Fsp3) is 0.500. The molecule has 88 valence electrons. The van der Waals surface area contributed by atoms with Gasteiger partial charge in [0.15, 0.2) is 0 Å². The predicted molar refractivity (Wildman–Crippen MR) is 63.6 cm³/mol. The van der Waals surface area contributed by atoms with Gasteiger partial charge in [-0.1, -0.05) is 6.07 Å². The molecule has 0 bridgehead atoms. The molecule has 4 heteroatoms. The predicted octanol–water partition coefficient (Wildman–Crippen LogP) is 1.24. The molecule has 0 aliphatic carbocycles. The Bertz CT molecular complexity index is 349. The van der Waals surface area contributed by atoms with Crippen LogP contribution in [0, 0.1) is 5.41 Å². The minimum Gasteiger partial charge on any atom is -0.349 e. The number of hydrogen-bond acceptors (Lipinski definition) is 3. The maximum atomic E-state index is 11.9. The van der Waals surface area contributed by atoms with Crippen molar-refractivity contribution in [3.63, 3.8) is 0 Å². The van der Waals surface area contributed by atoms with E-state index in [-0.39, 0.29) is 11.9 Å². The van der Waals surface area contributed by atoms with Crippen molar-refractivity contribution in [2.24, 2.45) is 11.1 Å². The highest BCUT2D eigenvalue weighted by atomic mass is 16.2. The summed E-state index contributed by atoms with van der Waals surface area (Å²) in [6, 6.07) is 3.74. The maximum absolute atomic E-state index is 11.9. The van der Waals surface area contributed by atoms with E-state index < -0.39 is 5.41 Å². The number of hydrogen-bond donors (Lipinski definition) is 2. The first kappa shape index (κ1) is 12.6. The minimum atomic E-state index is -0.531. The van der Waals surface area contributed by atoms with E-state index in [2.05, 4.69) is 10.3 Å². The molecular weight excluding hydrogens is 202 g/mol. The molecule has 1 amide bonds. The first-order chi connectivity index (χ1) is 7.47. The van der Waals surface area contributed by atoms with Crippen LogP contribution in [0.1, 0.15) is 32.4 Å². The van der Waals surface area contributed by atoms with Crippen molar-refractivity contribution < 1.29 is 4.79 Å². The lowest BCUT2D eigenvalue weighted by Crippen LogP contribution is -2.42. The lowest BCUT2D eigenvalue weighted by atomic mass is 9.92. The molecule has 3 N–H and O–H groups in total. The number of rotatable bonds is 4. The second kappa shape index (κ2) is 5.07. The number of nitrogens with two attached hydrogens (primary N) is 1. The summed E-state index contributed by atoms with van der Waals surface area (Å²) in [6.45, 7) is 5.93. The third-order valence-electron chi connectivity index (χ3n) is 2.66. The minimum absolute atomic E-state index is 0.0358. The molecule has 0 saturated carbocycles. The van der Waals surface area contributed by atoms with Gasteiger partial charge in [0, 0.05) is 18.9 Å². The zero-order valence-corrected chi connectivity index (χ0v) is 10.0. The fourth-order valence-electron chi connectivity index (χ4n) is 1.20. The average Bonchev–Trinajstić information content (AvgIpc) is 2.30. The van der Waals surface area contributed by atoms with Crippen molar-refractivity contribution in [1.82, 2.24) is 10.3 Å². The molecular formula is C12H19N3O. The van der Waals surface area contributed by atoms with Gasteiger partial charge in [0.05, 0.1) is 11.5 Å². The normalized spacial score (nSPS) is 13.2.